The van der Waals surface area contributed by atoms with Crippen molar-refractivity contribution < 1.29 is 18.7 Å². The maximum atomic E-state index is 14.0. The van der Waals surface area contributed by atoms with Gasteiger partial charge in [-0.1, -0.05) is 12.1 Å². The van der Waals surface area contributed by atoms with Crippen LogP contribution >= 0.6 is 0 Å². The van der Waals surface area contributed by atoms with Crippen LogP contribution in [0.15, 0.2) is 59.3 Å². The lowest BCUT2D eigenvalue weighted by atomic mass is 9.95. The van der Waals surface area contributed by atoms with E-state index in [4.69, 9.17) is 9.15 Å². The van der Waals surface area contributed by atoms with Crippen LogP contribution in [-0.4, -0.2) is 57.6 Å². The number of pyridine rings is 1. The van der Waals surface area contributed by atoms with Gasteiger partial charge < -0.3 is 19.4 Å². The summed E-state index contributed by atoms with van der Waals surface area (Å²) in [6.07, 6.45) is 6.83. The molecule has 228 valence electrons. The molecule has 9 heteroatoms. The summed E-state index contributed by atoms with van der Waals surface area (Å²) < 4.78 is 11.2. The third-order valence-electron chi connectivity index (χ3n) is 9.17. The molecule has 7 rings (SSSR count). The number of hydrogen-bond donors (Lipinski definition) is 1. The van der Waals surface area contributed by atoms with Gasteiger partial charge in [0.1, 0.15) is 17.6 Å². The Hall–Kier alpha value is -4.40. The second kappa shape index (κ2) is 10.4. The van der Waals surface area contributed by atoms with Crippen LogP contribution in [0.3, 0.4) is 0 Å². The van der Waals surface area contributed by atoms with Crippen LogP contribution < -0.4 is 10.2 Å². The topological polar surface area (TPSA) is 101 Å². The highest BCUT2D eigenvalue weighted by atomic mass is 16.6. The molecule has 2 atom stereocenters. The van der Waals surface area contributed by atoms with Crippen LogP contribution in [0.4, 0.5) is 10.5 Å². The summed E-state index contributed by atoms with van der Waals surface area (Å²) in [5.41, 5.74) is 5.18. The van der Waals surface area contributed by atoms with Crippen molar-refractivity contribution in [3.05, 3.63) is 77.5 Å². The molecule has 9 nitrogen and oxygen atoms in total. The molecule has 2 unspecified atom stereocenters. The van der Waals surface area contributed by atoms with Crippen molar-refractivity contribution in [1.82, 2.24) is 20.2 Å². The second-order valence-corrected chi connectivity index (χ2v) is 13.6. The van der Waals surface area contributed by atoms with Crippen molar-refractivity contribution in [1.29, 1.82) is 0 Å². The molecule has 2 aromatic carbocycles. The lowest BCUT2D eigenvalue weighted by Gasteiger charge is -2.42. The van der Waals surface area contributed by atoms with Gasteiger partial charge in [0, 0.05) is 48.4 Å². The van der Waals surface area contributed by atoms with E-state index in [1.165, 1.54) is 0 Å². The van der Waals surface area contributed by atoms with E-state index in [2.05, 4.69) is 38.4 Å². The molecule has 1 N–H and O–H groups in total. The van der Waals surface area contributed by atoms with Gasteiger partial charge in [0.25, 0.3) is 5.91 Å². The monoisotopic (exact) mass is 593 g/mol. The number of ether oxygens (including phenoxy) is 1. The first-order valence-electron chi connectivity index (χ1n) is 15.5. The molecule has 2 saturated heterocycles. The highest BCUT2D eigenvalue weighted by Crippen LogP contribution is 2.49. The quantitative estimate of drug-likeness (QED) is 0.281. The number of oxazole rings is 1. The number of benzene rings is 2. The zero-order valence-corrected chi connectivity index (χ0v) is 26.0. The van der Waals surface area contributed by atoms with Gasteiger partial charge in [-0.15, -0.1) is 0 Å². The molecule has 1 saturated carbocycles. The minimum absolute atomic E-state index is 0.0862. The number of carbonyl (C=O) groups is 2. The molecular weight excluding hydrogens is 554 g/mol. The van der Waals surface area contributed by atoms with Crippen LogP contribution in [0.2, 0.25) is 0 Å². The molecule has 2 aliphatic heterocycles. The fraction of sp³-hybridized carbons (Fsp3) is 0.429. The number of fused-ring (bicyclic) bond motifs is 3. The fourth-order valence-electron chi connectivity index (χ4n) is 6.87. The lowest BCUT2D eigenvalue weighted by Crippen LogP contribution is -2.56. The van der Waals surface area contributed by atoms with E-state index in [1.54, 1.807) is 12.5 Å². The maximum absolute atomic E-state index is 14.0. The number of amides is 2. The van der Waals surface area contributed by atoms with Gasteiger partial charge in [-0.3, -0.25) is 14.7 Å². The molecule has 44 heavy (non-hydrogen) atoms. The molecule has 0 radical (unpaired) electrons. The number of carbonyl (C=O) groups excluding carboxylic acids is 2. The van der Waals surface area contributed by atoms with Crippen LogP contribution in [0, 0.1) is 13.8 Å². The van der Waals surface area contributed by atoms with Crippen molar-refractivity contribution in [2.45, 2.75) is 83.5 Å². The number of nitrogens with zero attached hydrogens (tertiary/aromatic N) is 4. The first-order valence-corrected chi connectivity index (χ1v) is 15.5. The average Bonchev–Trinajstić information content (AvgIpc) is 3.53. The summed E-state index contributed by atoms with van der Waals surface area (Å²) >= 11 is 0. The van der Waals surface area contributed by atoms with Crippen LogP contribution in [-0.2, 0) is 10.3 Å². The van der Waals surface area contributed by atoms with Crippen molar-refractivity contribution in [3.8, 4) is 11.3 Å². The molecule has 1 aliphatic carbocycles. The van der Waals surface area contributed by atoms with Crippen molar-refractivity contribution >= 4 is 28.6 Å². The van der Waals surface area contributed by atoms with Crippen molar-refractivity contribution in [3.63, 3.8) is 0 Å². The zero-order chi connectivity index (χ0) is 30.8. The van der Waals surface area contributed by atoms with Gasteiger partial charge in [0.15, 0.2) is 5.89 Å². The number of aromatic nitrogens is 2. The van der Waals surface area contributed by atoms with E-state index in [0.717, 1.165) is 77.7 Å². The van der Waals surface area contributed by atoms with Crippen LogP contribution in [0.5, 0.6) is 0 Å². The molecule has 2 bridgehead atoms. The molecule has 4 aromatic rings. The smallest absolute Gasteiger partial charge is 0.410 e. The Balaban J connectivity index is 1.14. The predicted octanol–water partition coefficient (Wildman–Crippen LogP) is 6.51. The number of piperazine rings is 1. The number of nitrogens with one attached hydrogen (secondary N) is 1. The normalized spacial score (nSPS) is 20.6. The molecule has 4 heterocycles. The fourth-order valence-corrected chi connectivity index (χ4v) is 6.87. The second-order valence-electron chi connectivity index (χ2n) is 13.6. The minimum atomic E-state index is -0.523. The van der Waals surface area contributed by atoms with E-state index >= 15 is 0 Å². The van der Waals surface area contributed by atoms with Crippen LogP contribution in [0.1, 0.15) is 73.8 Å². The Kier molecular flexibility index (Phi) is 6.68. The van der Waals surface area contributed by atoms with E-state index < -0.39 is 11.1 Å². The van der Waals surface area contributed by atoms with Gasteiger partial charge in [0.05, 0.1) is 23.1 Å². The Morgan fingerprint density at radius 3 is 2.45 bits per heavy atom. The van der Waals surface area contributed by atoms with Gasteiger partial charge in [0.2, 0.25) is 0 Å². The predicted molar refractivity (Wildman–Crippen MR) is 169 cm³/mol. The van der Waals surface area contributed by atoms with Crippen LogP contribution in [0.25, 0.3) is 22.2 Å². The molecule has 0 spiro atoms. The van der Waals surface area contributed by atoms with Gasteiger partial charge >= 0.3 is 6.09 Å². The number of hydrogen-bond acceptors (Lipinski definition) is 7. The number of rotatable bonds is 5. The third-order valence-corrected chi connectivity index (χ3v) is 9.17. The summed E-state index contributed by atoms with van der Waals surface area (Å²) in [4.78, 5) is 40.4. The summed E-state index contributed by atoms with van der Waals surface area (Å²) in [5, 5.41) is 4.45. The summed E-state index contributed by atoms with van der Waals surface area (Å²) in [6.45, 7) is 11.0. The number of aryl methyl sites for hydroxylation is 2. The Labute approximate surface area is 257 Å². The van der Waals surface area contributed by atoms with Gasteiger partial charge in [-0.25, -0.2) is 9.78 Å². The Bertz CT molecular complexity index is 1750. The summed E-state index contributed by atoms with van der Waals surface area (Å²) in [6, 6.07) is 14.5. The first kappa shape index (κ1) is 28.4. The first-order chi connectivity index (χ1) is 21.0. The summed E-state index contributed by atoms with van der Waals surface area (Å²) in [7, 11) is 0. The Morgan fingerprint density at radius 2 is 1.80 bits per heavy atom. The van der Waals surface area contributed by atoms with E-state index in [-0.39, 0.29) is 24.1 Å². The number of anilines is 1. The van der Waals surface area contributed by atoms with Gasteiger partial charge in [-0.2, -0.15) is 0 Å². The Morgan fingerprint density at radius 1 is 1.05 bits per heavy atom. The van der Waals surface area contributed by atoms with E-state index in [0.29, 0.717) is 11.5 Å². The molecule has 2 aromatic heterocycles. The third kappa shape index (κ3) is 5.18. The lowest BCUT2D eigenvalue weighted by molar-refractivity contribution is 0.0123. The van der Waals surface area contributed by atoms with Gasteiger partial charge in [-0.05, 0) is 94.8 Å². The zero-order valence-electron chi connectivity index (χ0n) is 26.0. The van der Waals surface area contributed by atoms with E-state index in [1.807, 2.05) is 63.8 Å². The minimum Gasteiger partial charge on any atom is -0.449 e. The molecule has 3 aliphatic rings. The largest absolute Gasteiger partial charge is 0.449 e. The van der Waals surface area contributed by atoms with Crippen molar-refractivity contribution in [2.75, 3.05) is 18.0 Å². The van der Waals surface area contributed by atoms with Crippen molar-refractivity contribution in [2.24, 2.45) is 0 Å². The standard InChI is InChI=1S/C35H39N5O4/c1-21-8-9-24(39-18-25-10-11-26(19-39)40(25)33(42)44-34(3,4)5)17-28(21)32(41)38-35(12-13-35)29-15-23(31-20-43-22(2)37-31)16-30-27(29)7-6-14-36-30/h6-9,14-17,20,25-26H,10-13,18-19H2,1-5H3,(H,38,41). The van der Waals surface area contributed by atoms with E-state index in [9.17, 15) is 9.59 Å². The molecule has 2 amide bonds. The highest BCUT2D eigenvalue weighted by molar-refractivity contribution is 5.98. The molecule has 3 fully saturated rings. The summed E-state index contributed by atoms with van der Waals surface area (Å²) in [5.74, 6) is 0.517. The highest BCUT2D eigenvalue weighted by Gasteiger charge is 2.48. The average molecular weight is 594 g/mol. The SMILES string of the molecule is Cc1nc(-c2cc(C3(NC(=O)c4cc(N5CC6CCC(C5)N6C(=O)OC(C)(C)C)ccc4C)CC3)c3cccnc3c2)co1. The maximum Gasteiger partial charge on any atom is 0.410 e. The molecular formula is C35H39N5O4.